The Morgan fingerprint density at radius 3 is 2.79 bits per heavy atom. The van der Waals surface area contributed by atoms with Crippen molar-refractivity contribution in [2.24, 2.45) is 0 Å². The molecular formula is C23H24ClN7O2. The van der Waals surface area contributed by atoms with Crippen LogP contribution in [-0.4, -0.2) is 63.0 Å². The summed E-state index contributed by atoms with van der Waals surface area (Å²) in [6.45, 7) is 4.82. The van der Waals surface area contributed by atoms with Crippen LogP contribution in [0.2, 0.25) is 5.02 Å². The van der Waals surface area contributed by atoms with Crippen LogP contribution in [0.25, 0.3) is 16.8 Å². The number of nitrogens with zero attached hydrogens (tertiary/aromatic N) is 5. The van der Waals surface area contributed by atoms with Crippen molar-refractivity contribution in [2.45, 2.75) is 6.54 Å². The normalized spacial score (nSPS) is 14.6. The number of anilines is 2. The first-order valence-electron chi connectivity index (χ1n) is 10.8. The molecule has 0 bridgehead atoms. The van der Waals surface area contributed by atoms with Gasteiger partial charge >= 0.3 is 0 Å². The zero-order valence-corrected chi connectivity index (χ0v) is 18.7. The number of amides is 1. The van der Waals surface area contributed by atoms with Gasteiger partial charge in [0.1, 0.15) is 11.3 Å². The number of nitrogen functional groups attached to an aromatic ring is 1. The van der Waals surface area contributed by atoms with Gasteiger partial charge in [-0.15, -0.1) is 5.10 Å². The van der Waals surface area contributed by atoms with E-state index in [1.54, 1.807) is 16.8 Å². The summed E-state index contributed by atoms with van der Waals surface area (Å²) in [5.74, 6) is -0.174. The highest BCUT2D eigenvalue weighted by atomic mass is 35.5. The summed E-state index contributed by atoms with van der Waals surface area (Å²) in [6, 6.07) is 12.9. The SMILES string of the molecule is Nc1nn2ccccc2c1C(=O)Nc1cn(CCN2CCOCC2)nc1-c1cccc(Cl)c1. The number of halogens is 1. The van der Waals surface area contributed by atoms with E-state index >= 15 is 0 Å². The molecule has 0 radical (unpaired) electrons. The van der Waals surface area contributed by atoms with Gasteiger partial charge in [0, 0.05) is 42.6 Å². The number of nitrogens with two attached hydrogens (primary N) is 1. The Balaban J connectivity index is 1.45. The van der Waals surface area contributed by atoms with Gasteiger partial charge in [-0.3, -0.25) is 14.4 Å². The second-order valence-corrected chi connectivity index (χ2v) is 8.30. The monoisotopic (exact) mass is 465 g/mol. The van der Waals surface area contributed by atoms with Crippen LogP contribution in [0, 0.1) is 0 Å². The minimum Gasteiger partial charge on any atom is -0.382 e. The zero-order valence-electron chi connectivity index (χ0n) is 17.9. The first-order valence-corrected chi connectivity index (χ1v) is 11.1. The van der Waals surface area contributed by atoms with Crippen molar-refractivity contribution in [1.29, 1.82) is 0 Å². The lowest BCUT2D eigenvalue weighted by Crippen LogP contribution is -2.38. The van der Waals surface area contributed by atoms with Crippen molar-refractivity contribution >= 4 is 34.5 Å². The minimum atomic E-state index is -0.343. The molecule has 10 heteroatoms. The topological polar surface area (TPSA) is 103 Å². The molecule has 170 valence electrons. The van der Waals surface area contributed by atoms with Crippen LogP contribution in [0.5, 0.6) is 0 Å². The Hall–Kier alpha value is -3.40. The number of morpholine rings is 1. The average molecular weight is 466 g/mol. The third-order valence-electron chi connectivity index (χ3n) is 5.65. The molecule has 0 saturated carbocycles. The van der Waals surface area contributed by atoms with Gasteiger partial charge in [-0.1, -0.05) is 29.8 Å². The van der Waals surface area contributed by atoms with Crippen molar-refractivity contribution in [3.63, 3.8) is 0 Å². The molecule has 1 saturated heterocycles. The van der Waals surface area contributed by atoms with Gasteiger partial charge in [0.25, 0.3) is 5.91 Å². The Morgan fingerprint density at radius 1 is 1.12 bits per heavy atom. The lowest BCUT2D eigenvalue weighted by Gasteiger charge is -2.26. The summed E-state index contributed by atoms with van der Waals surface area (Å²) in [4.78, 5) is 15.6. The number of carbonyl (C=O) groups excluding carboxylic acids is 1. The number of nitrogens with one attached hydrogen (secondary N) is 1. The van der Waals surface area contributed by atoms with Crippen LogP contribution < -0.4 is 11.1 Å². The highest BCUT2D eigenvalue weighted by Crippen LogP contribution is 2.30. The number of benzene rings is 1. The van der Waals surface area contributed by atoms with Crippen LogP contribution in [0.15, 0.2) is 54.9 Å². The van der Waals surface area contributed by atoms with Crippen molar-refractivity contribution in [3.05, 3.63) is 65.4 Å². The van der Waals surface area contributed by atoms with Crippen LogP contribution in [0.1, 0.15) is 10.4 Å². The summed E-state index contributed by atoms with van der Waals surface area (Å²) in [6.07, 6.45) is 3.60. The van der Waals surface area contributed by atoms with E-state index in [1.165, 1.54) is 0 Å². The zero-order chi connectivity index (χ0) is 22.8. The maximum atomic E-state index is 13.2. The second kappa shape index (κ2) is 9.22. The maximum Gasteiger partial charge on any atom is 0.261 e. The number of hydrogen-bond acceptors (Lipinski definition) is 6. The molecule has 33 heavy (non-hydrogen) atoms. The predicted molar refractivity (Wildman–Crippen MR) is 127 cm³/mol. The summed E-state index contributed by atoms with van der Waals surface area (Å²) in [7, 11) is 0. The minimum absolute atomic E-state index is 0.169. The molecule has 1 aromatic carbocycles. The average Bonchev–Trinajstić information content (AvgIpc) is 3.38. The summed E-state index contributed by atoms with van der Waals surface area (Å²) in [5, 5.41) is 12.6. The third kappa shape index (κ3) is 4.56. The Bertz CT molecular complexity index is 1290. The molecule has 4 heterocycles. The number of pyridine rings is 1. The van der Waals surface area contributed by atoms with Gasteiger partial charge in [0.15, 0.2) is 5.82 Å². The molecule has 1 aliphatic rings. The van der Waals surface area contributed by atoms with Crippen molar-refractivity contribution in [2.75, 3.05) is 43.9 Å². The van der Waals surface area contributed by atoms with Gasteiger partial charge in [-0.25, -0.2) is 4.52 Å². The molecular weight excluding hydrogens is 442 g/mol. The van der Waals surface area contributed by atoms with Crippen LogP contribution >= 0.6 is 11.6 Å². The molecule has 5 rings (SSSR count). The van der Waals surface area contributed by atoms with Crippen LogP contribution in [0.4, 0.5) is 11.5 Å². The van der Waals surface area contributed by atoms with E-state index in [9.17, 15) is 4.79 Å². The number of hydrogen-bond donors (Lipinski definition) is 2. The Morgan fingerprint density at radius 2 is 1.97 bits per heavy atom. The smallest absolute Gasteiger partial charge is 0.261 e. The first-order chi connectivity index (χ1) is 16.1. The van der Waals surface area contributed by atoms with E-state index < -0.39 is 0 Å². The molecule has 0 atom stereocenters. The van der Waals surface area contributed by atoms with Crippen molar-refractivity contribution < 1.29 is 9.53 Å². The Labute approximate surface area is 195 Å². The molecule has 1 amide bonds. The van der Waals surface area contributed by atoms with E-state index in [0.717, 1.165) is 38.4 Å². The fourth-order valence-corrected chi connectivity index (χ4v) is 4.17. The van der Waals surface area contributed by atoms with Crippen molar-refractivity contribution in [1.82, 2.24) is 24.3 Å². The fraction of sp³-hybridized carbons (Fsp3) is 0.261. The van der Waals surface area contributed by atoms with E-state index in [-0.39, 0.29) is 11.7 Å². The highest BCUT2D eigenvalue weighted by molar-refractivity contribution is 6.30. The van der Waals surface area contributed by atoms with Gasteiger partial charge in [0.05, 0.1) is 31.0 Å². The predicted octanol–water partition coefficient (Wildman–Crippen LogP) is 3.02. The van der Waals surface area contributed by atoms with E-state index in [0.29, 0.717) is 34.0 Å². The Kier molecular flexibility index (Phi) is 5.99. The number of carbonyl (C=O) groups is 1. The molecule has 9 nitrogen and oxygen atoms in total. The van der Waals surface area contributed by atoms with Gasteiger partial charge < -0.3 is 15.8 Å². The van der Waals surface area contributed by atoms with E-state index in [1.807, 2.05) is 47.3 Å². The second-order valence-electron chi connectivity index (χ2n) is 7.86. The number of fused-ring (bicyclic) bond motifs is 1. The molecule has 1 aliphatic heterocycles. The summed E-state index contributed by atoms with van der Waals surface area (Å²) in [5.41, 5.74) is 9.07. The van der Waals surface area contributed by atoms with Gasteiger partial charge in [-0.2, -0.15) is 5.10 Å². The lowest BCUT2D eigenvalue weighted by molar-refractivity contribution is 0.0360. The van der Waals surface area contributed by atoms with Crippen LogP contribution in [-0.2, 0) is 11.3 Å². The largest absolute Gasteiger partial charge is 0.382 e. The number of aromatic nitrogens is 4. The summed E-state index contributed by atoms with van der Waals surface area (Å²) >= 11 is 6.22. The van der Waals surface area contributed by atoms with E-state index in [2.05, 4.69) is 15.3 Å². The van der Waals surface area contributed by atoms with Gasteiger partial charge in [-0.05, 0) is 24.3 Å². The molecule has 0 spiro atoms. The van der Waals surface area contributed by atoms with Crippen molar-refractivity contribution in [3.8, 4) is 11.3 Å². The molecule has 3 N–H and O–H groups in total. The molecule has 3 aromatic heterocycles. The first kappa shape index (κ1) is 21.4. The summed E-state index contributed by atoms with van der Waals surface area (Å²) < 4.78 is 8.86. The molecule has 1 fully saturated rings. The number of ether oxygens (including phenoxy) is 1. The molecule has 4 aromatic rings. The standard InChI is InChI=1S/C23H24ClN7O2/c24-17-5-3-4-16(14-17)21-18(15-30(27-21)9-8-29-10-12-33-13-11-29)26-23(32)20-19-6-1-2-7-31(19)28-22(20)25/h1-7,14-15H,8-13H2,(H2,25,28)(H,26,32). The maximum absolute atomic E-state index is 13.2. The molecule has 0 unspecified atom stereocenters. The number of rotatable bonds is 6. The van der Waals surface area contributed by atoms with Crippen LogP contribution in [0.3, 0.4) is 0 Å². The third-order valence-corrected chi connectivity index (χ3v) is 5.89. The molecule has 0 aliphatic carbocycles. The lowest BCUT2D eigenvalue weighted by atomic mass is 10.1. The van der Waals surface area contributed by atoms with Gasteiger partial charge in [0.2, 0.25) is 0 Å². The highest BCUT2D eigenvalue weighted by Gasteiger charge is 2.21. The fourth-order valence-electron chi connectivity index (χ4n) is 3.98. The van der Waals surface area contributed by atoms with E-state index in [4.69, 9.17) is 27.2 Å². The quantitative estimate of drug-likeness (QED) is 0.453.